The average molecular weight is 304 g/mol. The maximum atomic E-state index is 12.1. The van der Waals surface area contributed by atoms with Crippen molar-refractivity contribution in [2.75, 3.05) is 0 Å². The quantitative estimate of drug-likeness (QED) is 0.589. The molecule has 0 bridgehead atoms. The Balaban J connectivity index is 2.60. The predicted molar refractivity (Wildman–Crippen MR) is 64.5 cm³/mol. The zero-order chi connectivity index (χ0) is 14.0. The molecular weight excluding hydrogens is 289 g/mol. The van der Waals surface area contributed by atoms with Gasteiger partial charge in [-0.25, -0.2) is 0 Å². The Morgan fingerprint density at radius 2 is 2.06 bits per heavy atom. The lowest BCUT2D eigenvalue weighted by Gasteiger charge is -2.23. The third-order valence-corrected chi connectivity index (χ3v) is 4.64. The third-order valence-electron chi connectivity index (χ3n) is 2.29. The molecule has 8 heteroatoms. The highest BCUT2D eigenvalue weighted by Gasteiger charge is 2.48. The van der Waals surface area contributed by atoms with Crippen LogP contribution in [0.1, 0.15) is 33.1 Å². The van der Waals surface area contributed by atoms with Gasteiger partial charge in [-0.05, 0) is 24.2 Å². The molecule has 0 N–H and O–H groups in total. The van der Waals surface area contributed by atoms with Crippen molar-refractivity contribution in [2.45, 2.75) is 49.1 Å². The molecule has 0 radical (unpaired) electrons. The molecule has 0 aromatic carbocycles. The van der Waals surface area contributed by atoms with E-state index in [9.17, 15) is 21.6 Å². The molecule has 1 aliphatic carbocycles. The van der Waals surface area contributed by atoms with Gasteiger partial charge >= 0.3 is 15.6 Å². The van der Waals surface area contributed by atoms with Crippen molar-refractivity contribution in [1.29, 1.82) is 0 Å². The summed E-state index contributed by atoms with van der Waals surface area (Å²) in [4.78, 5) is 0. The monoisotopic (exact) mass is 304 g/mol. The summed E-state index contributed by atoms with van der Waals surface area (Å²) in [7, 11) is -5.51. The van der Waals surface area contributed by atoms with E-state index in [2.05, 4.69) is 4.18 Å². The van der Waals surface area contributed by atoms with E-state index in [1.165, 1.54) is 6.08 Å². The maximum Gasteiger partial charge on any atom is 0.534 e. The molecule has 0 aromatic heterocycles. The largest absolute Gasteiger partial charge is 0.534 e. The highest BCUT2D eigenvalue weighted by molar-refractivity contribution is 8.00. The summed E-state index contributed by atoms with van der Waals surface area (Å²) in [6.45, 7) is 4.07. The molecule has 0 aromatic rings. The van der Waals surface area contributed by atoms with E-state index in [1.807, 2.05) is 13.8 Å². The minimum Gasteiger partial charge on any atom is -0.381 e. The van der Waals surface area contributed by atoms with Crippen molar-refractivity contribution >= 4 is 21.9 Å². The zero-order valence-electron chi connectivity index (χ0n) is 10.0. The fourth-order valence-corrected chi connectivity index (χ4v) is 3.32. The van der Waals surface area contributed by atoms with Gasteiger partial charge in [0.25, 0.3) is 0 Å². The second-order valence-electron chi connectivity index (χ2n) is 4.23. The normalized spacial score (nSPS) is 21.9. The third kappa shape index (κ3) is 4.38. The van der Waals surface area contributed by atoms with Gasteiger partial charge in [-0.15, -0.1) is 0 Å². The summed E-state index contributed by atoms with van der Waals surface area (Å²) in [6.07, 6.45) is 2.82. The molecule has 0 saturated carbocycles. The van der Waals surface area contributed by atoms with E-state index in [1.54, 1.807) is 11.8 Å². The molecule has 0 fully saturated rings. The van der Waals surface area contributed by atoms with Gasteiger partial charge in [0.15, 0.2) is 0 Å². The van der Waals surface area contributed by atoms with Crippen LogP contribution in [0.2, 0.25) is 0 Å². The van der Waals surface area contributed by atoms with Crippen molar-refractivity contribution in [2.24, 2.45) is 0 Å². The van der Waals surface area contributed by atoms with Gasteiger partial charge in [0, 0.05) is 11.7 Å². The number of thioether (sulfide) groups is 1. The molecule has 1 atom stereocenters. The summed E-state index contributed by atoms with van der Waals surface area (Å²) >= 11 is 1.73. The lowest BCUT2D eigenvalue weighted by molar-refractivity contribution is -0.0524. The number of halogens is 3. The smallest absolute Gasteiger partial charge is 0.381 e. The van der Waals surface area contributed by atoms with Crippen LogP contribution >= 0.6 is 11.8 Å². The first-order valence-corrected chi connectivity index (χ1v) is 7.82. The predicted octanol–water partition coefficient (Wildman–Crippen LogP) is 3.43. The molecule has 0 heterocycles. The van der Waals surface area contributed by atoms with Gasteiger partial charge in [-0.1, -0.05) is 13.8 Å². The van der Waals surface area contributed by atoms with Crippen LogP contribution in [0.4, 0.5) is 13.2 Å². The van der Waals surface area contributed by atoms with Crippen molar-refractivity contribution in [3.8, 4) is 0 Å². The Bertz CT molecular complexity index is 413. The number of hydrogen-bond donors (Lipinski definition) is 0. The van der Waals surface area contributed by atoms with Crippen LogP contribution in [-0.2, 0) is 14.3 Å². The molecule has 0 saturated heterocycles. The molecule has 18 heavy (non-hydrogen) atoms. The van der Waals surface area contributed by atoms with Gasteiger partial charge in [-0.2, -0.15) is 33.4 Å². The minimum absolute atomic E-state index is 0.104. The van der Waals surface area contributed by atoms with E-state index >= 15 is 0 Å². The van der Waals surface area contributed by atoms with Crippen molar-refractivity contribution in [3.63, 3.8) is 0 Å². The molecular formula is C10H15F3O3S2. The Kier molecular flexibility index (Phi) is 4.99. The van der Waals surface area contributed by atoms with Crippen molar-refractivity contribution < 1.29 is 25.8 Å². The lowest BCUT2D eigenvalue weighted by atomic mass is 10.1. The van der Waals surface area contributed by atoms with Crippen molar-refractivity contribution in [1.82, 2.24) is 0 Å². The topological polar surface area (TPSA) is 43.4 Å². The first kappa shape index (κ1) is 15.7. The summed E-state index contributed by atoms with van der Waals surface area (Å²) in [5, 5.41) is 0.746. The molecule has 0 aliphatic heterocycles. The summed E-state index contributed by atoms with van der Waals surface area (Å²) < 4.78 is 61.9. The highest BCUT2D eigenvalue weighted by Crippen LogP contribution is 2.33. The molecule has 106 valence electrons. The summed E-state index contributed by atoms with van der Waals surface area (Å²) in [5.74, 6) is -0.104. The standard InChI is InChI=1S/C10H15F3O3S2/c1-7(2)17-9-5-3-8(4-6-9)16-18(14,15)10(11,12)13/h3,7,9H,4-6H2,1-2H3. The van der Waals surface area contributed by atoms with Gasteiger partial charge in [0.05, 0.1) is 0 Å². The van der Waals surface area contributed by atoms with Crippen LogP contribution < -0.4 is 0 Å². The second-order valence-corrected chi connectivity index (χ2v) is 7.65. The van der Waals surface area contributed by atoms with E-state index in [-0.39, 0.29) is 12.2 Å². The number of allylic oxidation sites excluding steroid dienone is 2. The Morgan fingerprint density at radius 3 is 2.44 bits per heavy atom. The summed E-state index contributed by atoms with van der Waals surface area (Å²) in [5.41, 5.74) is -5.36. The fraction of sp³-hybridized carbons (Fsp3) is 0.800. The maximum absolute atomic E-state index is 12.1. The SMILES string of the molecule is CC(C)SC1CC=C(OS(=O)(=O)C(F)(F)F)CC1. The fourth-order valence-electron chi connectivity index (χ4n) is 1.56. The Hall–Kier alpha value is -0.370. The number of rotatable bonds is 4. The zero-order valence-corrected chi connectivity index (χ0v) is 11.7. The Morgan fingerprint density at radius 1 is 1.44 bits per heavy atom. The number of hydrogen-bond acceptors (Lipinski definition) is 4. The van der Waals surface area contributed by atoms with Crippen LogP contribution in [0, 0.1) is 0 Å². The minimum atomic E-state index is -5.51. The van der Waals surface area contributed by atoms with E-state index in [4.69, 9.17) is 0 Å². The first-order chi connectivity index (χ1) is 8.12. The number of alkyl halides is 3. The molecule has 0 spiro atoms. The second kappa shape index (κ2) is 5.73. The first-order valence-electron chi connectivity index (χ1n) is 5.47. The van der Waals surface area contributed by atoms with Gasteiger partial charge in [-0.3, -0.25) is 0 Å². The molecule has 1 rings (SSSR count). The average Bonchev–Trinajstić information content (AvgIpc) is 2.18. The van der Waals surface area contributed by atoms with Crippen LogP contribution in [0.15, 0.2) is 11.8 Å². The van der Waals surface area contributed by atoms with Crippen LogP contribution in [0.3, 0.4) is 0 Å². The van der Waals surface area contributed by atoms with Crippen LogP contribution in [0.5, 0.6) is 0 Å². The highest BCUT2D eigenvalue weighted by atomic mass is 32.2. The summed E-state index contributed by atoms with van der Waals surface area (Å²) in [6, 6.07) is 0. The molecule has 3 nitrogen and oxygen atoms in total. The van der Waals surface area contributed by atoms with Gasteiger partial charge in [0.1, 0.15) is 5.76 Å². The molecule has 1 unspecified atom stereocenters. The van der Waals surface area contributed by atoms with E-state index < -0.39 is 15.6 Å². The van der Waals surface area contributed by atoms with E-state index in [0.29, 0.717) is 23.3 Å². The lowest BCUT2D eigenvalue weighted by Crippen LogP contribution is -2.26. The van der Waals surface area contributed by atoms with Crippen LogP contribution in [0.25, 0.3) is 0 Å². The van der Waals surface area contributed by atoms with Crippen LogP contribution in [-0.4, -0.2) is 24.4 Å². The van der Waals surface area contributed by atoms with Gasteiger partial charge < -0.3 is 4.18 Å². The molecule has 1 aliphatic rings. The molecule has 0 amide bonds. The van der Waals surface area contributed by atoms with Gasteiger partial charge in [0.2, 0.25) is 0 Å². The van der Waals surface area contributed by atoms with Crippen molar-refractivity contribution in [3.05, 3.63) is 11.8 Å². The Labute approximate surface area is 109 Å². The van der Waals surface area contributed by atoms with E-state index in [0.717, 1.165) is 0 Å².